The van der Waals surface area contributed by atoms with Crippen LogP contribution in [0.4, 0.5) is 5.82 Å². The molecule has 14 nitrogen and oxygen atoms in total. The third-order valence-corrected chi connectivity index (χ3v) is 7.14. The minimum Gasteiger partial charge on any atom is -0.497 e. The molecule has 1 saturated heterocycles. The first-order chi connectivity index (χ1) is 20.4. The van der Waals surface area contributed by atoms with Crippen LogP contribution in [0.1, 0.15) is 55.3 Å². The molecule has 1 fully saturated rings. The first kappa shape index (κ1) is 33.5. The van der Waals surface area contributed by atoms with Gasteiger partial charge in [0.2, 0.25) is 0 Å². The van der Waals surface area contributed by atoms with E-state index in [-0.39, 0.29) is 0 Å². The molecular weight excluding hydrogens is 564 g/mol. The normalized spacial score (nSPS) is 15.3. The number of nitrogens with zero attached hydrogens (tertiary/aromatic N) is 4. The van der Waals surface area contributed by atoms with Crippen molar-refractivity contribution in [3.05, 3.63) is 40.8 Å². The molecule has 3 heterocycles. The van der Waals surface area contributed by atoms with Crippen molar-refractivity contribution in [1.29, 1.82) is 0 Å². The molecule has 0 aliphatic carbocycles. The maximum atomic E-state index is 10.3. The summed E-state index contributed by atoms with van der Waals surface area (Å²) in [5, 5.41) is 33.8. The van der Waals surface area contributed by atoms with Gasteiger partial charge in [0.15, 0.2) is 5.60 Å². The lowest BCUT2D eigenvalue weighted by Gasteiger charge is -2.34. The molecule has 0 amide bonds. The van der Waals surface area contributed by atoms with Gasteiger partial charge in [0.1, 0.15) is 23.1 Å². The van der Waals surface area contributed by atoms with Crippen molar-refractivity contribution < 1.29 is 49.0 Å². The molecule has 0 unspecified atom stereocenters. The molecule has 1 aromatic heterocycles. The number of hydrogen-bond acceptors (Lipinski definition) is 11. The number of rotatable bonds is 11. The quantitative estimate of drug-likeness (QED) is 0.290. The molecule has 0 atom stereocenters. The minimum absolute atomic E-state index is 0.298. The summed E-state index contributed by atoms with van der Waals surface area (Å²) < 4.78 is 16.5. The Morgan fingerprint density at radius 2 is 1.65 bits per heavy atom. The van der Waals surface area contributed by atoms with Crippen LogP contribution in [0.3, 0.4) is 0 Å². The van der Waals surface area contributed by atoms with Crippen molar-refractivity contribution in [3.63, 3.8) is 0 Å². The highest BCUT2D eigenvalue weighted by atomic mass is 16.5. The average molecular weight is 605 g/mol. The molecule has 4 N–H and O–H groups in total. The molecule has 2 aromatic rings. The van der Waals surface area contributed by atoms with Gasteiger partial charge in [-0.1, -0.05) is 19.9 Å². The number of aliphatic hydroxyl groups is 1. The van der Waals surface area contributed by atoms with E-state index in [0.29, 0.717) is 5.92 Å². The zero-order valence-electron chi connectivity index (χ0n) is 24.9. The Kier molecular flexibility index (Phi) is 11.6. The Hall–Kier alpha value is -4.01. The Balaban J connectivity index is 0.000000331. The summed E-state index contributed by atoms with van der Waals surface area (Å²) in [6.07, 6.45) is -1.33. The molecule has 0 saturated carbocycles. The Morgan fingerprint density at radius 1 is 1.00 bits per heavy atom. The van der Waals surface area contributed by atoms with Crippen LogP contribution in [0, 0.1) is 0 Å². The fourth-order valence-electron chi connectivity index (χ4n) is 4.85. The number of methoxy groups -OCH3 is 2. The maximum absolute atomic E-state index is 10.3. The summed E-state index contributed by atoms with van der Waals surface area (Å²) >= 11 is 0. The average Bonchev–Trinajstić information content (AvgIpc) is 2.96. The van der Waals surface area contributed by atoms with E-state index >= 15 is 0 Å². The Bertz CT molecular complexity index is 1280. The number of morpholine rings is 1. The predicted octanol–water partition coefficient (Wildman–Crippen LogP) is 1.76. The number of aliphatic carboxylic acids is 3. The lowest BCUT2D eigenvalue weighted by molar-refractivity contribution is -0.170. The van der Waals surface area contributed by atoms with Gasteiger partial charge in [-0.05, 0) is 12.5 Å². The summed E-state index contributed by atoms with van der Waals surface area (Å²) in [5.41, 5.74) is 0.888. The number of carboxylic acid groups (broad SMARTS) is 3. The molecule has 0 spiro atoms. The molecule has 0 bridgehead atoms. The minimum atomic E-state index is -2.74. The van der Waals surface area contributed by atoms with E-state index in [1.807, 2.05) is 12.1 Å². The van der Waals surface area contributed by atoms with Gasteiger partial charge in [0.05, 0.1) is 46.0 Å². The summed E-state index contributed by atoms with van der Waals surface area (Å²) in [5.74, 6) is -1.00. The third-order valence-electron chi connectivity index (χ3n) is 7.14. The van der Waals surface area contributed by atoms with Crippen molar-refractivity contribution in [3.8, 4) is 11.5 Å². The number of hydrogen-bond donors (Lipinski definition) is 4. The SMILES string of the molecule is COc1ccc(CN2CCc3c(nc(C(C)C)nc3N3CCOCC3)C2)c(OC)c1.O=C(O)CC(O)(CC(=O)O)C(=O)O. The Morgan fingerprint density at radius 3 is 2.19 bits per heavy atom. The molecule has 1 aromatic carbocycles. The molecular formula is C29H40N4O10. The molecule has 2 aliphatic heterocycles. The second kappa shape index (κ2) is 14.9. The van der Waals surface area contributed by atoms with Crippen LogP contribution in [0.15, 0.2) is 18.2 Å². The van der Waals surface area contributed by atoms with Crippen LogP contribution in [-0.2, 0) is 38.6 Å². The van der Waals surface area contributed by atoms with Crippen molar-refractivity contribution in [1.82, 2.24) is 14.9 Å². The van der Waals surface area contributed by atoms with Crippen molar-refractivity contribution in [2.75, 3.05) is 52.0 Å². The zero-order chi connectivity index (χ0) is 31.7. The number of carboxylic acids is 3. The van der Waals surface area contributed by atoms with Crippen molar-refractivity contribution >= 4 is 23.7 Å². The van der Waals surface area contributed by atoms with Gasteiger partial charge in [-0.15, -0.1) is 0 Å². The fourth-order valence-corrected chi connectivity index (χ4v) is 4.85. The largest absolute Gasteiger partial charge is 0.497 e. The predicted molar refractivity (Wildman–Crippen MR) is 154 cm³/mol. The van der Waals surface area contributed by atoms with E-state index in [4.69, 9.17) is 44.6 Å². The molecule has 43 heavy (non-hydrogen) atoms. The van der Waals surface area contributed by atoms with Crippen LogP contribution in [-0.4, -0.2) is 106 Å². The maximum Gasteiger partial charge on any atom is 0.336 e. The topological polar surface area (TPSA) is 192 Å². The summed E-state index contributed by atoms with van der Waals surface area (Å²) in [6.45, 7) is 10.3. The third kappa shape index (κ3) is 8.99. The molecule has 236 valence electrons. The van der Waals surface area contributed by atoms with E-state index in [9.17, 15) is 14.4 Å². The number of benzene rings is 1. The molecule has 4 rings (SSSR count). The zero-order valence-corrected chi connectivity index (χ0v) is 24.9. The Labute approximate surface area is 249 Å². The fraction of sp³-hybridized carbons (Fsp3) is 0.552. The molecule has 2 aliphatic rings. The van der Waals surface area contributed by atoms with Gasteiger partial charge in [0, 0.05) is 55.8 Å². The number of ether oxygens (including phenoxy) is 3. The van der Waals surface area contributed by atoms with Crippen molar-refractivity contribution in [2.45, 2.75) is 57.7 Å². The highest BCUT2D eigenvalue weighted by Gasteiger charge is 2.40. The van der Waals surface area contributed by atoms with Crippen LogP contribution in [0.5, 0.6) is 11.5 Å². The smallest absolute Gasteiger partial charge is 0.336 e. The van der Waals surface area contributed by atoms with Gasteiger partial charge in [-0.2, -0.15) is 0 Å². The van der Waals surface area contributed by atoms with Gasteiger partial charge in [-0.25, -0.2) is 14.8 Å². The van der Waals surface area contributed by atoms with Gasteiger partial charge >= 0.3 is 17.9 Å². The van der Waals surface area contributed by atoms with Crippen LogP contribution < -0.4 is 14.4 Å². The molecule has 0 radical (unpaired) electrons. The van der Waals surface area contributed by atoms with Crippen LogP contribution >= 0.6 is 0 Å². The van der Waals surface area contributed by atoms with Crippen LogP contribution in [0.2, 0.25) is 0 Å². The van der Waals surface area contributed by atoms with Crippen molar-refractivity contribution in [2.24, 2.45) is 0 Å². The summed E-state index contributed by atoms with van der Waals surface area (Å²) in [7, 11) is 3.38. The van der Waals surface area contributed by atoms with Gasteiger partial charge in [-0.3, -0.25) is 14.5 Å². The molecule has 14 heteroatoms. The highest BCUT2D eigenvalue weighted by molar-refractivity contribution is 5.88. The first-order valence-corrected chi connectivity index (χ1v) is 13.9. The van der Waals surface area contributed by atoms with Gasteiger partial charge in [0.25, 0.3) is 0 Å². The van der Waals surface area contributed by atoms with E-state index in [1.54, 1.807) is 14.2 Å². The number of anilines is 1. The van der Waals surface area contributed by atoms with Gasteiger partial charge < -0.3 is 39.5 Å². The monoisotopic (exact) mass is 604 g/mol. The number of carbonyl (C=O) groups is 3. The van der Waals surface area contributed by atoms with Crippen LogP contribution in [0.25, 0.3) is 0 Å². The summed E-state index contributed by atoms with van der Waals surface area (Å²) in [6, 6.07) is 6.03. The van der Waals surface area contributed by atoms with E-state index < -0.39 is 36.4 Å². The van der Waals surface area contributed by atoms with E-state index in [1.165, 1.54) is 5.56 Å². The summed E-state index contributed by atoms with van der Waals surface area (Å²) in [4.78, 5) is 45.2. The second-order valence-corrected chi connectivity index (χ2v) is 10.7. The number of fused-ring (bicyclic) bond motifs is 1. The number of aromatic nitrogens is 2. The van der Waals surface area contributed by atoms with E-state index in [2.05, 4.69) is 29.7 Å². The highest BCUT2D eigenvalue weighted by Crippen LogP contribution is 2.31. The second-order valence-electron chi connectivity index (χ2n) is 10.7. The first-order valence-electron chi connectivity index (χ1n) is 13.9. The standard InChI is InChI=1S/C23H32N4O3.C6H8O7/c1-16(2)22-24-20-15-26(14-17-5-6-18(28-3)13-21(17)29-4)8-7-19(20)23(25-22)27-9-11-30-12-10-27;7-3(8)1-6(13,5(11)12)2-4(9)10/h5-6,13,16H,7-12,14-15H2,1-4H3;13H,1-2H2,(H,7,8)(H,9,10)(H,11,12). The lowest BCUT2D eigenvalue weighted by atomic mass is 9.96. The lowest BCUT2D eigenvalue weighted by Crippen LogP contribution is -2.42. The van der Waals surface area contributed by atoms with E-state index in [0.717, 1.165) is 86.8 Å².